The Kier molecular flexibility index (Phi) is 5.52. The molecule has 1 aliphatic heterocycles. The molecule has 1 aromatic carbocycles. The Morgan fingerprint density at radius 2 is 1.85 bits per heavy atom. The maximum Gasteiger partial charge on any atom is 0.416 e. The van der Waals surface area contributed by atoms with Gasteiger partial charge in [0.1, 0.15) is 11.5 Å². The van der Waals surface area contributed by atoms with Gasteiger partial charge < -0.3 is 15.1 Å². The Balaban J connectivity index is 1.71. The number of likely N-dealkylation sites (N-methyl/N-ethyl adjacent to an activating group) is 1. The van der Waals surface area contributed by atoms with E-state index >= 15 is 0 Å². The van der Waals surface area contributed by atoms with Crippen LogP contribution >= 0.6 is 11.6 Å². The smallest absolute Gasteiger partial charge is 0.353 e. The van der Waals surface area contributed by atoms with E-state index in [0.717, 1.165) is 44.4 Å². The predicted molar refractivity (Wildman–Crippen MR) is 96.1 cm³/mol. The minimum absolute atomic E-state index is 0.00151. The molecule has 0 radical (unpaired) electrons. The number of hydrogen-bond donors (Lipinski definition) is 1. The molecular weight excluding hydrogens is 383 g/mol. The van der Waals surface area contributed by atoms with Crippen molar-refractivity contribution in [1.29, 1.82) is 0 Å². The number of hydrogen-bond acceptors (Lipinski definition) is 5. The summed E-state index contributed by atoms with van der Waals surface area (Å²) >= 11 is 5.89. The Labute approximate surface area is 159 Å². The van der Waals surface area contributed by atoms with Gasteiger partial charge in [-0.3, -0.25) is 4.79 Å². The monoisotopic (exact) mass is 399 g/mol. The second-order valence-electron chi connectivity index (χ2n) is 6.20. The van der Waals surface area contributed by atoms with E-state index in [1.807, 2.05) is 7.05 Å². The van der Waals surface area contributed by atoms with E-state index in [1.54, 1.807) is 0 Å². The van der Waals surface area contributed by atoms with E-state index in [1.165, 1.54) is 12.4 Å². The quantitative estimate of drug-likeness (QED) is 0.859. The molecule has 1 N–H and O–H groups in total. The van der Waals surface area contributed by atoms with E-state index in [0.29, 0.717) is 5.82 Å². The Hall–Kier alpha value is -2.39. The Morgan fingerprint density at radius 3 is 2.44 bits per heavy atom. The van der Waals surface area contributed by atoms with E-state index in [9.17, 15) is 18.0 Å². The van der Waals surface area contributed by atoms with Gasteiger partial charge in [0.2, 0.25) is 0 Å². The molecule has 0 saturated carbocycles. The highest BCUT2D eigenvalue weighted by Gasteiger charge is 2.31. The number of carbonyl (C=O) groups is 1. The molecule has 27 heavy (non-hydrogen) atoms. The zero-order valence-corrected chi connectivity index (χ0v) is 15.2. The van der Waals surface area contributed by atoms with Crippen LogP contribution in [0.4, 0.5) is 24.7 Å². The van der Waals surface area contributed by atoms with E-state index in [2.05, 4.69) is 25.1 Å². The molecule has 3 rings (SSSR count). The largest absolute Gasteiger partial charge is 0.416 e. The van der Waals surface area contributed by atoms with Gasteiger partial charge in [-0.05, 0) is 25.2 Å². The van der Waals surface area contributed by atoms with E-state index in [-0.39, 0.29) is 16.4 Å². The molecule has 2 aromatic rings. The first-order chi connectivity index (χ1) is 12.7. The van der Waals surface area contributed by atoms with Crippen molar-refractivity contribution >= 4 is 29.0 Å². The van der Waals surface area contributed by atoms with Crippen molar-refractivity contribution in [3.63, 3.8) is 0 Å². The summed E-state index contributed by atoms with van der Waals surface area (Å²) in [5.74, 6) is -0.0367. The maximum atomic E-state index is 12.8. The van der Waals surface area contributed by atoms with Gasteiger partial charge in [0, 0.05) is 26.2 Å². The third kappa shape index (κ3) is 4.67. The Bertz CT molecular complexity index is 820. The molecule has 0 atom stereocenters. The van der Waals surface area contributed by atoms with Crippen LogP contribution in [0.2, 0.25) is 5.02 Å². The second-order valence-corrected chi connectivity index (χ2v) is 6.60. The van der Waals surface area contributed by atoms with Crippen LogP contribution in [0.15, 0.2) is 30.6 Å². The summed E-state index contributed by atoms with van der Waals surface area (Å²) in [6.07, 6.45) is -1.76. The number of nitrogens with zero attached hydrogens (tertiary/aromatic N) is 4. The number of carbonyl (C=O) groups excluding carboxylic acids is 1. The third-order valence-electron chi connectivity index (χ3n) is 4.24. The van der Waals surface area contributed by atoms with E-state index in [4.69, 9.17) is 11.6 Å². The van der Waals surface area contributed by atoms with Gasteiger partial charge in [0.15, 0.2) is 0 Å². The fourth-order valence-corrected chi connectivity index (χ4v) is 2.79. The SMILES string of the molecule is CN1CCN(c2cnc(C(=O)Nc3cc(C(F)(F)F)ccc3Cl)cn2)CC1. The lowest BCUT2D eigenvalue weighted by molar-refractivity contribution is -0.137. The topological polar surface area (TPSA) is 61.4 Å². The van der Waals surface area contributed by atoms with Crippen molar-refractivity contribution in [3.05, 3.63) is 46.9 Å². The average Bonchev–Trinajstić information content (AvgIpc) is 2.63. The van der Waals surface area contributed by atoms with Crippen LogP contribution in [0.1, 0.15) is 16.1 Å². The fourth-order valence-electron chi connectivity index (χ4n) is 2.62. The molecule has 1 aliphatic rings. The summed E-state index contributed by atoms with van der Waals surface area (Å²) in [5, 5.41) is 2.35. The second kappa shape index (κ2) is 7.69. The number of benzene rings is 1. The molecule has 1 aromatic heterocycles. The van der Waals surface area contributed by atoms with Crippen LogP contribution in [0.5, 0.6) is 0 Å². The van der Waals surface area contributed by atoms with Gasteiger partial charge in [-0.25, -0.2) is 9.97 Å². The van der Waals surface area contributed by atoms with Gasteiger partial charge in [0.05, 0.1) is 28.7 Å². The zero-order valence-electron chi connectivity index (χ0n) is 14.4. The number of halogens is 4. The van der Waals surface area contributed by atoms with Gasteiger partial charge in [-0.15, -0.1) is 0 Å². The molecular formula is C17H17ClF3N5O. The lowest BCUT2D eigenvalue weighted by Gasteiger charge is -2.32. The number of alkyl halides is 3. The number of nitrogens with one attached hydrogen (secondary N) is 1. The van der Waals surface area contributed by atoms with E-state index < -0.39 is 17.6 Å². The number of anilines is 2. The normalized spacial score (nSPS) is 15.7. The molecule has 10 heteroatoms. The highest BCUT2D eigenvalue weighted by atomic mass is 35.5. The Morgan fingerprint density at radius 1 is 1.15 bits per heavy atom. The van der Waals surface area contributed by atoms with Crippen molar-refractivity contribution in [2.24, 2.45) is 0 Å². The lowest BCUT2D eigenvalue weighted by Crippen LogP contribution is -2.44. The minimum atomic E-state index is -4.53. The third-order valence-corrected chi connectivity index (χ3v) is 4.57. The minimum Gasteiger partial charge on any atom is -0.353 e. The summed E-state index contributed by atoms with van der Waals surface area (Å²) in [4.78, 5) is 24.9. The zero-order chi connectivity index (χ0) is 19.6. The summed E-state index contributed by atoms with van der Waals surface area (Å²) < 4.78 is 38.5. The van der Waals surface area contributed by atoms with Gasteiger partial charge in [-0.1, -0.05) is 11.6 Å². The fraction of sp³-hybridized carbons (Fsp3) is 0.353. The van der Waals surface area contributed by atoms with Crippen LogP contribution in [-0.4, -0.2) is 54.0 Å². The van der Waals surface area contributed by atoms with Crippen molar-refractivity contribution in [3.8, 4) is 0 Å². The van der Waals surface area contributed by atoms with Crippen LogP contribution < -0.4 is 10.2 Å². The van der Waals surface area contributed by atoms with Crippen LogP contribution in [-0.2, 0) is 6.18 Å². The van der Waals surface area contributed by atoms with Crippen molar-refractivity contribution in [2.45, 2.75) is 6.18 Å². The number of piperazine rings is 1. The summed E-state index contributed by atoms with van der Waals surface area (Å²) in [6, 6.07) is 2.72. The van der Waals surface area contributed by atoms with Crippen LogP contribution in [0, 0.1) is 0 Å². The molecule has 0 spiro atoms. The number of aromatic nitrogens is 2. The first-order valence-corrected chi connectivity index (χ1v) is 8.55. The van der Waals surface area contributed by atoms with Gasteiger partial charge in [0.25, 0.3) is 5.91 Å². The molecule has 0 bridgehead atoms. The highest BCUT2D eigenvalue weighted by molar-refractivity contribution is 6.33. The van der Waals surface area contributed by atoms with Gasteiger partial charge >= 0.3 is 6.18 Å². The highest BCUT2D eigenvalue weighted by Crippen LogP contribution is 2.33. The molecule has 0 unspecified atom stereocenters. The molecule has 1 fully saturated rings. The summed E-state index contributed by atoms with van der Waals surface area (Å²) in [7, 11) is 2.04. The van der Waals surface area contributed by atoms with Crippen LogP contribution in [0.25, 0.3) is 0 Å². The molecule has 144 valence electrons. The summed E-state index contributed by atoms with van der Waals surface area (Å²) in [5.41, 5.74) is -1.05. The standard InChI is InChI=1S/C17H17ClF3N5O/c1-25-4-6-26(7-5-25)15-10-22-14(9-23-15)16(27)24-13-8-11(17(19,20)21)2-3-12(13)18/h2-3,8-10H,4-7H2,1H3,(H,24,27). The molecule has 0 aliphatic carbocycles. The molecule has 2 heterocycles. The van der Waals surface area contributed by atoms with Crippen LogP contribution in [0.3, 0.4) is 0 Å². The number of rotatable bonds is 3. The van der Waals surface area contributed by atoms with Crippen molar-refractivity contribution < 1.29 is 18.0 Å². The van der Waals surface area contributed by atoms with Crippen molar-refractivity contribution in [2.75, 3.05) is 43.4 Å². The maximum absolute atomic E-state index is 12.8. The lowest BCUT2D eigenvalue weighted by atomic mass is 10.2. The molecule has 1 amide bonds. The predicted octanol–water partition coefficient (Wildman–Crippen LogP) is 3.15. The number of amides is 1. The average molecular weight is 400 g/mol. The summed E-state index contributed by atoms with van der Waals surface area (Å²) in [6.45, 7) is 3.41. The molecule has 6 nitrogen and oxygen atoms in total. The van der Waals surface area contributed by atoms with Crippen molar-refractivity contribution in [1.82, 2.24) is 14.9 Å². The van der Waals surface area contributed by atoms with Gasteiger partial charge in [-0.2, -0.15) is 13.2 Å². The first-order valence-electron chi connectivity index (χ1n) is 8.17. The molecule has 1 saturated heterocycles. The first kappa shape index (κ1) is 19.4.